The third-order valence-electron chi connectivity index (χ3n) is 3.36. The van der Waals surface area contributed by atoms with E-state index < -0.39 is 0 Å². The fourth-order valence-electron chi connectivity index (χ4n) is 2.38. The molecule has 0 spiro atoms. The minimum Gasteiger partial charge on any atom is -0.309 e. The van der Waals surface area contributed by atoms with E-state index in [9.17, 15) is 0 Å². The van der Waals surface area contributed by atoms with Gasteiger partial charge in [-0.2, -0.15) is 0 Å². The summed E-state index contributed by atoms with van der Waals surface area (Å²) in [4.78, 5) is 0. The van der Waals surface area contributed by atoms with Crippen LogP contribution >= 0.6 is 23.2 Å². The maximum atomic E-state index is 6.29. The first kappa shape index (κ1) is 16.3. The monoisotopic (exact) mass is 326 g/mol. The molecule has 0 saturated carbocycles. The standard InChI is InChI=1S/C15H20Cl2N4/c1-3-8-21-15(10-19-20-21)14(18-4-2)9-11-12(16)6-5-7-13(11)17/h5-7,10,14,18H,3-4,8-9H2,1-2H3. The molecule has 1 atom stereocenters. The summed E-state index contributed by atoms with van der Waals surface area (Å²) in [6.07, 6.45) is 3.54. The number of aryl methyl sites for hydroxylation is 1. The van der Waals surface area contributed by atoms with Gasteiger partial charge in [0.15, 0.2) is 0 Å². The SMILES string of the molecule is CCCn1nncc1C(Cc1c(Cl)cccc1Cl)NCC. The summed E-state index contributed by atoms with van der Waals surface area (Å²) in [7, 11) is 0. The summed E-state index contributed by atoms with van der Waals surface area (Å²) in [5.41, 5.74) is 2.02. The van der Waals surface area contributed by atoms with Crippen LogP contribution in [0.5, 0.6) is 0 Å². The van der Waals surface area contributed by atoms with Crippen molar-refractivity contribution >= 4 is 23.2 Å². The van der Waals surface area contributed by atoms with Crippen molar-refractivity contribution in [1.82, 2.24) is 20.3 Å². The lowest BCUT2D eigenvalue weighted by atomic mass is 10.0. The van der Waals surface area contributed by atoms with Crippen LogP contribution in [0.4, 0.5) is 0 Å². The van der Waals surface area contributed by atoms with Crippen LogP contribution in [0, 0.1) is 0 Å². The first-order valence-electron chi connectivity index (χ1n) is 7.22. The van der Waals surface area contributed by atoms with Crippen LogP contribution < -0.4 is 5.32 Å². The third-order valence-corrected chi connectivity index (χ3v) is 4.07. The van der Waals surface area contributed by atoms with Crippen molar-refractivity contribution in [3.8, 4) is 0 Å². The predicted octanol–water partition coefficient (Wildman–Crippen LogP) is 3.89. The maximum Gasteiger partial charge on any atom is 0.0759 e. The second-order valence-corrected chi connectivity index (χ2v) is 5.71. The van der Waals surface area contributed by atoms with E-state index in [1.165, 1.54) is 0 Å². The zero-order valence-corrected chi connectivity index (χ0v) is 13.8. The molecule has 0 aliphatic heterocycles. The number of rotatable bonds is 7. The van der Waals surface area contributed by atoms with Crippen LogP contribution in [0.1, 0.15) is 37.6 Å². The molecule has 0 bridgehead atoms. The molecule has 2 rings (SSSR count). The fraction of sp³-hybridized carbons (Fsp3) is 0.467. The first-order chi connectivity index (χ1) is 10.2. The number of hydrogen-bond acceptors (Lipinski definition) is 3. The molecular weight excluding hydrogens is 307 g/mol. The Bertz CT molecular complexity index is 563. The van der Waals surface area contributed by atoms with E-state index in [4.69, 9.17) is 23.2 Å². The van der Waals surface area contributed by atoms with Crippen LogP contribution in [0.3, 0.4) is 0 Å². The normalized spacial score (nSPS) is 12.6. The zero-order valence-electron chi connectivity index (χ0n) is 12.3. The minimum atomic E-state index is 0.0916. The highest BCUT2D eigenvalue weighted by molar-refractivity contribution is 6.36. The molecule has 0 fully saturated rings. The van der Waals surface area contributed by atoms with Crippen LogP contribution in [-0.4, -0.2) is 21.5 Å². The Morgan fingerprint density at radius 1 is 1.24 bits per heavy atom. The quantitative estimate of drug-likeness (QED) is 0.839. The highest BCUT2D eigenvalue weighted by atomic mass is 35.5. The van der Waals surface area contributed by atoms with E-state index in [-0.39, 0.29) is 6.04 Å². The number of likely N-dealkylation sites (N-methyl/N-ethyl adjacent to an activating group) is 1. The molecular formula is C15H20Cl2N4. The zero-order chi connectivity index (χ0) is 15.2. The average Bonchev–Trinajstić information content (AvgIpc) is 2.90. The molecule has 6 heteroatoms. The van der Waals surface area contributed by atoms with E-state index in [1.807, 2.05) is 29.1 Å². The van der Waals surface area contributed by atoms with Gasteiger partial charge in [0.2, 0.25) is 0 Å². The largest absolute Gasteiger partial charge is 0.309 e. The number of halogens is 2. The molecule has 1 heterocycles. The average molecular weight is 327 g/mol. The van der Waals surface area contributed by atoms with Crippen molar-refractivity contribution in [3.05, 3.63) is 45.7 Å². The van der Waals surface area contributed by atoms with Crippen molar-refractivity contribution in [3.63, 3.8) is 0 Å². The van der Waals surface area contributed by atoms with Crippen LogP contribution in [-0.2, 0) is 13.0 Å². The van der Waals surface area contributed by atoms with Gasteiger partial charge in [0.1, 0.15) is 0 Å². The van der Waals surface area contributed by atoms with Gasteiger partial charge >= 0.3 is 0 Å². The summed E-state index contributed by atoms with van der Waals surface area (Å²) in [6, 6.07) is 5.69. The predicted molar refractivity (Wildman–Crippen MR) is 86.9 cm³/mol. The minimum absolute atomic E-state index is 0.0916. The maximum absolute atomic E-state index is 6.29. The van der Waals surface area contributed by atoms with Crippen molar-refractivity contribution < 1.29 is 0 Å². The van der Waals surface area contributed by atoms with Gasteiger partial charge in [-0.05, 0) is 37.1 Å². The second kappa shape index (κ2) is 7.78. The van der Waals surface area contributed by atoms with Crippen molar-refractivity contribution in [2.24, 2.45) is 0 Å². The molecule has 0 radical (unpaired) electrons. The third kappa shape index (κ3) is 3.96. The Hall–Kier alpha value is -1.10. The number of nitrogens with one attached hydrogen (secondary N) is 1. The van der Waals surface area contributed by atoms with Gasteiger partial charge in [-0.25, -0.2) is 4.68 Å². The molecule has 1 N–H and O–H groups in total. The van der Waals surface area contributed by atoms with Crippen LogP contribution in [0.2, 0.25) is 10.0 Å². The van der Waals surface area contributed by atoms with Crippen molar-refractivity contribution in [2.75, 3.05) is 6.54 Å². The van der Waals surface area contributed by atoms with Gasteiger partial charge in [0.25, 0.3) is 0 Å². The molecule has 0 saturated heterocycles. The van der Waals surface area contributed by atoms with E-state index in [1.54, 1.807) is 0 Å². The summed E-state index contributed by atoms with van der Waals surface area (Å²) < 4.78 is 1.94. The molecule has 0 aliphatic carbocycles. The Morgan fingerprint density at radius 2 is 1.95 bits per heavy atom. The van der Waals surface area contributed by atoms with Crippen LogP contribution in [0.15, 0.2) is 24.4 Å². The van der Waals surface area contributed by atoms with Gasteiger partial charge in [0, 0.05) is 16.6 Å². The van der Waals surface area contributed by atoms with E-state index in [0.717, 1.165) is 30.8 Å². The molecule has 1 aromatic carbocycles. The Labute approximate surface area is 135 Å². The molecule has 4 nitrogen and oxygen atoms in total. The first-order valence-corrected chi connectivity index (χ1v) is 7.97. The molecule has 114 valence electrons. The molecule has 1 unspecified atom stereocenters. The fourth-order valence-corrected chi connectivity index (χ4v) is 2.93. The Morgan fingerprint density at radius 3 is 2.57 bits per heavy atom. The van der Waals surface area contributed by atoms with Gasteiger partial charge in [-0.1, -0.05) is 48.3 Å². The molecule has 0 aliphatic rings. The lowest BCUT2D eigenvalue weighted by Crippen LogP contribution is -2.26. The highest BCUT2D eigenvalue weighted by Gasteiger charge is 2.19. The molecule has 0 amide bonds. The number of benzene rings is 1. The summed E-state index contributed by atoms with van der Waals surface area (Å²) >= 11 is 12.6. The van der Waals surface area contributed by atoms with E-state index >= 15 is 0 Å². The number of aromatic nitrogens is 3. The van der Waals surface area contributed by atoms with Crippen LogP contribution in [0.25, 0.3) is 0 Å². The smallest absolute Gasteiger partial charge is 0.0759 e. The van der Waals surface area contributed by atoms with Crippen molar-refractivity contribution in [2.45, 2.75) is 39.3 Å². The molecule has 21 heavy (non-hydrogen) atoms. The topological polar surface area (TPSA) is 42.7 Å². The second-order valence-electron chi connectivity index (χ2n) is 4.90. The van der Waals surface area contributed by atoms with E-state index in [2.05, 4.69) is 29.5 Å². The van der Waals surface area contributed by atoms with E-state index in [0.29, 0.717) is 16.5 Å². The summed E-state index contributed by atoms with van der Waals surface area (Å²) in [5, 5.41) is 13.1. The molecule has 1 aromatic heterocycles. The lowest BCUT2D eigenvalue weighted by molar-refractivity contribution is 0.474. The van der Waals surface area contributed by atoms with Gasteiger partial charge in [-0.3, -0.25) is 0 Å². The Balaban J connectivity index is 2.29. The Kier molecular flexibility index (Phi) is 6.03. The van der Waals surface area contributed by atoms with Gasteiger partial charge in [0.05, 0.1) is 17.9 Å². The number of nitrogens with zero attached hydrogens (tertiary/aromatic N) is 3. The number of hydrogen-bond donors (Lipinski definition) is 1. The summed E-state index contributed by atoms with van der Waals surface area (Å²) in [6.45, 7) is 5.91. The molecule has 2 aromatic rings. The lowest BCUT2D eigenvalue weighted by Gasteiger charge is -2.20. The van der Waals surface area contributed by atoms with Crippen molar-refractivity contribution in [1.29, 1.82) is 0 Å². The van der Waals surface area contributed by atoms with Gasteiger partial charge in [-0.15, -0.1) is 5.10 Å². The van der Waals surface area contributed by atoms with Gasteiger partial charge < -0.3 is 5.32 Å². The summed E-state index contributed by atoms with van der Waals surface area (Å²) in [5.74, 6) is 0. The highest BCUT2D eigenvalue weighted by Crippen LogP contribution is 2.29.